The third-order valence-corrected chi connectivity index (χ3v) is 2.65. The van der Waals surface area contributed by atoms with Gasteiger partial charge in [0.25, 0.3) is 0 Å². The maximum atomic E-state index is 13.5. The van der Waals surface area contributed by atoms with Crippen molar-refractivity contribution in [2.45, 2.75) is 12.8 Å². The van der Waals surface area contributed by atoms with Crippen LogP contribution < -0.4 is 4.90 Å². The van der Waals surface area contributed by atoms with E-state index in [2.05, 4.69) is 0 Å². The van der Waals surface area contributed by atoms with E-state index in [1.807, 2.05) is 0 Å². The Bertz CT molecular complexity index is 386. The molecule has 0 unspecified atom stereocenters. The fourth-order valence-electron chi connectivity index (χ4n) is 1.91. The van der Waals surface area contributed by atoms with Crippen LogP contribution in [0.25, 0.3) is 0 Å². The van der Waals surface area contributed by atoms with Crippen molar-refractivity contribution in [3.05, 3.63) is 29.3 Å². The number of carbonyl (C=O) groups is 1. The Morgan fingerprint density at radius 1 is 1.20 bits per heavy atom. The van der Waals surface area contributed by atoms with Crippen LogP contribution in [0.5, 0.6) is 0 Å². The molecule has 1 saturated heterocycles. The van der Waals surface area contributed by atoms with E-state index in [1.165, 1.54) is 6.07 Å². The lowest BCUT2D eigenvalue weighted by atomic mass is 10.1. The largest absolute Gasteiger partial charge is 0.368 e. The van der Waals surface area contributed by atoms with Crippen LogP contribution in [0.2, 0.25) is 0 Å². The fourth-order valence-corrected chi connectivity index (χ4v) is 1.91. The van der Waals surface area contributed by atoms with Crippen LogP contribution in [0, 0.1) is 11.6 Å². The van der Waals surface area contributed by atoms with Gasteiger partial charge in [0.15, 0.2) is 17.9 Å². The summed E-state index contributed by atoms with van der Waals surface area (Å²) >= 11 is 0. The third kappa shape index (κ3) is 1.71. The number of carbonyl (C=O) groups excluding carboxylic acids is 1. The molecule has 0 aliphatic carbocycles. The molecule has 1 aliphatic heterocycles. The maximum absolute atomic E-state index is 13.5. The first-order valence-electron chi connectivity index (χ1n) is 4.92. The molecule has 4 heteroatoms. The van der Waals surface area contributed by atoms with E-state index in [0.717, 1.165) is 18.9 Å². The number of hydrogen-bond donors (Lipinski definition) is 0. The van der Waals surface area contributed by atoms with Gasteiger partial charge in [0.05, 0.1) is 5.69 Å². The van der Waals surface area contributed by atoms with E-state index in [4.69, 9.17) is 0 Å². The number of aldehydes is 1. The molecule has 2 nitrogen and oxygen atoms in total. The van der Waals surface area contributed by atoms with Crippen molar-refractivity contribution in [2.75, 3.05) is 18.0 Å². The predicted octanol–water partition coefficient (Wildman–Crippen LogP) is 2.38. The molecule has 0 atom stereocenters. The van der Waals surface area contributed by atoms with Crippen molar-refractivity contribution >= 4 is 12.0 Å². The van der Waals surface area contributed by atoms with E-state index >= 15 is 0 Å². The van der Waals surface area contributed by atoms with Gasteiger partial charge in [-0.2, -0.15) is 0 Å². The summed E-state index contributed by atoms with van der Waals surface area (Å²) in [5.74, 6) is -1.82. The molecule has 0 amide bonds. The van der Waals surface area contributed by atoms with Crippen LogP contribution in [0.3, 0.4) is 0 Å². The van der Waals surface area contributed by atoms with Gasteiger partial charge >= 0.3 is 0 Å². The zero-order valence-electron chi connectivity index (χ0n) is 8.17. The number of halogens is 2. The summed E-state index contributed by atoms with van der Waals surface area (Å²) in [6.45, 7) is 1.36. The molecule has 2 rings (SSSR count). The second kappa shape index (κ2) is 3.96. The van der Waals surface area contributed by atoms with Crippen molar-refractivity contribution in [3.8, 4) is 0 Å². The summed E-state index contributed by atoms with van der Waals surface area (Å²) in [5, 5.41) is 0. The predicted molar refractivity (Wildman–Crippen MR) is 53.2 cm³/mol. The first-order valence-corrected chi connectivity index (χ1v) is 4.92. The SMILES string of the molecule is O=Cc1ccc(F)c(F)c1N1CCCC1. The van der Waals surface area contributed by atoms with Crippen LogP contribution in [0.4, 0.5) is 14.5 Å². The molecular formula is C11H11F2NO. The number of nitrogens with zero attached hydrogens (tertiary/aromatic N) is 1. The highest BCUT2D eigenvalue weighted by Gasteiger charge is 2.21. The quantitative estimate of drug-likeness (QED) is 0.700. The van der Waals surface area contributed by atoms with Gasteiger partial charge in [-0.05, 0) is 25.0 Å². The lowest BCUT2D eigenvalue weighted by Crippen LogP contribution is -2.21. The fraction of sp³-hybridized carbons (Fsp3) is 0.364. The van der Waals surface area contributed by atoms with Gasteiger partial charge in [-0.3, -0.25) is 4.79 Å². The Balaban J connectivity index is 2.50. The standard InChI is InChI=1S/C11H11F2NO/c12-9-4-3-8(7-15)11(10(9)13)14-5-1-2-6-14/h3-4,7H,1-2,5-6H2. The van der Waals surface area contributed by atoms with E-state index in [9.17, 15) is 13.6 Å². The van der Waals surface area contributed by atoms with Gasteiger partial charge in [-0.25, -0.2) is 8.78 Å². The summed E-state index contributed by atoms with van der Waals surface area (Å²) in [6, 6.07) is 2.30. The van der Waals surface area contributed by atoms with Crippen LogP contribution in [-0.2, 0) is 0 Å². The van der Waals surface area contributed by atoms with Gasteiger partial charge in [0.2, 0.25) is 0 Å². The summed E-state index contributed by atoms with van der Waals surface area (Å²) in [5.41, 5.74) is 0.332. The normalized spacial score (nSPS) is 15.7. The minimum absolute atomic E-state index is 0.113. The Labute approximate surface area is 86.5 Å². The molecule has 0 saturated carbocycles. The molecule has 15 heavy (non-hydrogen) atoms. The third-order valence-electron chi connectivity index (χ3n) is 2.65. The van der Waals surface area contributed by atoms with Crippen LogP contribution in [-0.4, -0.2) is 19.4 Å². The summed E-state index contributed by atoms with van der Waals surface area (Å²) in [6.07, 6.45) is 2.47. The van der Waals surface area contributed by atoms with Crippen molar-refractivity contribution < 1.29 is 13.6 Å². The molecular weight excluding hydrogens is 200 g/mol. The smallest absolute Gasteiger partial charge is 0.182 e. The lowest BCUT2D eigenvalue weighted by molar-refractivity contribution is 0.112. The number of hydrogen-bond acceptors (Lipinski definition) is 2. The van der Waals surface area contributed by atoms with Gasteiger partial charge in [-0.1, -0.05) is 0 Å². The number of anilines is 1. The Morgan fingerprint density at radius 3 is 2.47 bits per heavy atom. The Kier molecular flexibility index (Phi) is 2.66. The van der Waals surface area contributed by atoms with Gasteiger partial charge in [0.1, 0.15) is 0 Å². The van der Waals surface area contributed by atoms with Crippen molar-refractivity contribution in [1.82, 2.24) is 0 Å². The Morgan fingerprint density at radius 2 is 1.87 bits per heavy atom. The average molecular weight is 211 g/mol. The molecule has 1 aromatic carbocycles. The minimum Gasteiger partial charge on any atom is -0.368 e. The highest BCUT2D eigenvalue weighted by atomic mass is 19.2. The van der Waals surface area contributed by atoms with E-state index < -0.39 is 11.6 Å². The van der Waals surface area contributed by atoms with E-state index in [1.54, 1.807) is 4.90 Å². The molecule has 80 valence electrons. The minimum atomic E-state index is -0.915. The van der Waals surface area contributed by atoms with Crippen molar-refractivity contribution in [3.63, 3.8) is 0 Å². The van der Waals surface area contributed by atoms with Crippen LogP contribution in [0.1, 0.15) is 23.2 Å². The van der Waals surface area contributed by atoms with Gasteiger partial charge in [0, 0.05) is 18.7 Å². The molecule has 0 N–H and O–H groups in total. The molecule has 1 aromatic rings. The second-order valence-electron chi connectivity index (χ2n) is 3.61. The molecule has 0 radical (unpaired) electrons. The van der Waals surface area contributed by atoms with E-state index in [-0.39, 0.29) is 11.3 Å². The van der Waals surface area contributed by atoms with Crippen molar-refractivity contribution in [1.29, 1.82) is 0 Å². The lowest BCUT2D eigenvalue weighted by Gasteiger charge is -2.20. The highest BCUT2D eigenvalue weighted by Crippen LogP contribution is 2.28. The molecule has 1 aliphatic rings. The Hall–Kier alpha value is -1.45. The first kappa shape index (κ1) is 10.1. The van der Waals surface area contributed by atoms with Gasteiger partial charge in [-0.15, -0.1) is 0 Å². The number of benzene rings is 1. The molecule has 0 aromatic heterocycles. The molecule has 1 heterocycles. The first-order chi connectivity index (χ1) is 7.24. The maximum Gasteiger partial charge on any atom is 0.182 e. The molecule has 0 spiro atoms. The number of rotatable bonds is 2. The second-order valence-corrected chi connectivity index (χ2v) is 3.61. The van der Waals surface area contributed by atoms with Crippen molar-refractivity contribution in [2.24, 2.45) is 0 Å². The average Bonchev–Trinajstić information content (AvgIpc) is 2.75. The zero-order chi connectivity index (χ0) is 10.8. The highest BCUT2D eigenvalue weighted by molar-refractivity contribution is 5.85. The monoisotopic (exact) mass is 211 g/mol. The van der Waals surface area contributed by atoms with Crippen LogP contribution in [0.15, 0.2) is 12.1 Å². The zero-order valence-corrected chi connectivity index (χ0v) is 8.17. The topological polar surface area (TPSA) is 20.3 Å². The van der Waals surface area contributed by atoms with Gasteiger partial charge < -0.3 is 4.90 Å². The molecule has 1 fully saturated rings. The molecule has 0 bridgehead atoms. The summed E-state index contributed by atoms with van der Waals surface area (Å²) in [4.78, 5) is 12.5. The summed E-state index contributed by atoms with van der Waals surface area (Å²) in [7, 11) is 0. The van der Waals surface area contributed by atoms with E-state index in [0.29, 0.717) is 19.4 Å². The summed E-state index contributed by atoms with van der Waals surface area (Å²) < 4.78 is 26.6. The van der Waals surface area contributed by atoms with Crippen LogP contribution >= 0.6 is 0 Å².